The van der Waals surface area contributed by atoms with E-state index in [0.717, 1.165) is 10.4 Å². The van der Waals surface area contributed by atoms with E-state index in [4.69, 9.17) is 4.42 Å². The Balaban J connectivity index is 1.48. The number of benzene rings is 1. The van der Waals surface area contributed by atoms with Crippen LogP contribution in [0.3, 0.4) is 0 Å². The maximum Gasteiger partial charge on any atom is 0.309 e. The van der Waals surface area contributed by atoms with Crippen LogP contribution in [0.2, 0.25) is 0 Å². The van der Waals surface area contributed by atoms with Gasteiger partial charge in [-0.15, -0.1) is 11.3 Å². The van der Waals surface area contributed by atoms with Crippen molar-refractivity contribution in [1.82, 2.24) is 10.6 Å². The average Bonchev–Trinajstić information content (AvgIpc) is 3.36. The molecule has 0 spiro atoms. The third-order valence-electron chi connectivity index (χ3n) is 3.56. The van der Waals surface area contributed by atoms with Gasteiger partial charge in [0, 0.05) is 11.4 Å². The maximum absolute atomic E-state index is 12.2. The summed E-state index contributed by atoms with van der Waals surface area (Å²) < 4.78 is 5.09. The largest absolute Gasteiger partial charge is 0.461 e. The van der Waals surface area contributed by atoms with Crippen molar-refractivity contribution in [3.8, 4) is 0 Å². The number of carbonyl (C=O) groups excluding carboxylic acids is 3. The molecule has 2 aromatic heterocycles. The lowest BCUT2D eigenvalue weighted by molar-refractivity contribution is -0.139. The Hall–Kier alpha value is -3.19. The molecule has 0 radical (unpaired) electrons. The van der Waals surface area contributed by atoms with Crippen molar-refractivity contribution < 1.29 is 18.8 Å². The van der Waals surface area contributed by atoms with Crippen molar-refractivity contribution in [1.29, 1.82) is 0 Å². The molecule has 0 saturated carbocycles. The van der Waals surface area contributed by atoms with Crippen molar-refractivity contribution in [2.75, 3.05) is 0 Å². The highest BCUT2D eigenvalue weighted by Crippen LogP contribution is 2.20. The van der Waals surface area contributed by atoms with Crippen LogP contribution in [-0.2, 0) is 22.7 Å². The number of hydrogen-bond donors (Lipinski definition) is 2. The molecule has 0 aliphatic heterocycles. The van der Waals surface area contributed by atoms with Crippen molar-refractivity contribution in [2.45, 2.75) is 13.1 Å². The second-order valence-corrected chi connectivity index (χ2v) is 6.59. The van der Waals surface area contributed by atoms with Gasteiger partial charge in [-0.25, -0.2) is 0 Å². The number of ketones is 1. The van der Waals surface area contributed by atoms with Crippen LogP contribution in [0.5, 0.6) is 0 Å². The van der Waals surface area contributed by atoms with Gasteiger partial charge in [0.05, 0.1) is 17.7 Å². The molecule has 2 N–H and O–H groups in total. The lowest BCUT2D eigenvalue weighted by Gasteiger charge is -2.05. The van der Waals surface area contributed by atoms with Crippen LogP contribution < -0.4 is 10.6 Å². The zero-order valence-corrected chi connectivity index (χ0v) is 14.5. The van der Waals surface area contributed by atoms with Crippen LogP contribution in [0.1, 0.15) is 25.9 Å². The van der Waals surface area contributed by atoms with E-state index in [1.807, 2.05) is 30.3 Å². The molecule has 0 bridgehead atoms. The molecule has 3 aromatic rings. The number of rotatable bonds is 6. The van der Waals surface area contributed by atoms with E-state index in [0.29, 0.717) is 4.88 Å². The van der Waals surface area contributed by atoms with Gasteiger partial charge in [0.1, 0.15) is 0 Å². The molecule has 0 atom stereocenters. The van der Waals surface area contributed by atoms with Gasteiger partial charge in [-0.05, 0) is 29.8 Å². The van der Waals surface area contributed by atoms with Gasteiger partial charge in [0.15, 0.2) is 5.76 Å². The number of nitrogens with one attached hydrogen (secondary N) is 2. The summed E-state index contributed by atoms with van der Waals surface area (Å²) in [4.78, 5) is 37.1. The number of carbonyl (C=O) groups is 3. The van der Waals surface area contributed by atoms with Crippen molar-refractivity contribution in [2.24, 2.45) is 0 Å². The van der Waals surface area contributed by atoms with Gasteiger partial charge in [0.25, 0.3) is 0 Å². The molecule has 1 aromatic carbocycles. The lowest BCUT2D eigenvalue weighted by atomic mass is 10.2. The number of amides is 2. The monoisotopic (exact) mass is 368 g/mol. The minimum atomic E-state index is -0.715. The molecule has 0 aliphatic carbocycles. The van der Waals surface area contributed by atoms with E-state index in [-0.39, 0.29) is 24.6 Å². The SMILES string of the molecule is O=C(NCc1ccccc1)C(=O)NCc1ccc(C(=O)c2ccco2)s1. The average molecular weight is 368 g/mol. The number of hydrogen-bond acceptors (Lipinski definition) is 5. The Morgan fingerprint density at radius 2 is 1.58 bits per heavy atom. The first-order valence-electron chi connectivity index (χ1n) is 7.90. The number of furan rings is 1. The van der Waals surface area contributed by atoms with E-state index in [9.17, 15) is 14.4 Å². The first-order chi connectivity index (χ1) is 12.6. The Kier molecular flexibility index (Phi) is 5.60. The van der Waals surface area contributed by atoms with E-state index >= 15 is 0 Å². The molecule has 0 fully saturated rings. The summed E-state index contributed by atoms with van der Waals surface area (Å²) in [5.41, 5.74) is 0.910. The molecular weight excluding hydrogens is 352 g/mol. The molecule has 2 amide bonds. The summed E-state index contributed by atoms with van der Waals surface area (Å²) in [6.45, 7) is 0.460. The van der Waals surface area contributed by atoms with Crippen LogP contribution >= 0.6 is 11.3 Å². The predicted octanol–water partition coefficient (Wildman–Crippen LogP) is 2.50. The highest BCUT2D eigenvalue weighted by Gasteiger charge is 2.16. The molecule has 6 nitrogen and oxygen atoms in total. The van der Waals surface area contributed by atoms with Crippen LogP contribution in [0.25, 0.3) is 0 Å². The normalized spacial score (nSPS) is 10.3. The van der Waals surface area contributed by atoms with Gasteiger partial charge in [-0.2, -0.15) is 0 Å². The summed E-state index contributed by atoms with van der Waals surface area (Å²) in [5, 5.41) is 5.11. The van der Waals surface area contributed by atoms with Crippen LogP contribution in [-0.4, -0.2) is 17.6 Å². The molecule has 7 heteroatoms. The Morgan fingerprint density at radius 1 is 0.846 bits per heavy atom. The van der Waals surface area contributed by atoms with Gasteiger partial charge in [-0.1, -0.05) is 30.3 Å². The first-order valence-corrected chi connectivity index (χ1v) is 8.72. The maximum atomic E-state index is 12.2. The van der Waals surface area contributed by atoms with E-state index in [1.54, 1.807) is 24.3 Å². The minimum absolute atomic E-state index is 0.174. The molecule has 0 unspecified atom stereocenters. The third kappa shape index (κ3) is 4.46. The molecule has 3 rings (SSSR count). The van der Waals surface area contributed by atoms with Crippen molar-refractivity contribution >= 4 is 28.9 Å². The summed E-state index contributed by atoms with van der Waals surface area (Å²) >= 11 is 1.25. The summed E-state index contributed by atoms with van der Waals surface area (Å²) in [7, 11) is 0. The van der Waals surface area contributed by atoms with E-state index in [2.05, 4.69) is 10.6 Å². The quantitative estimate of drug-likeness (QED) is 0.517. The van der Waals surface area contributed by atoms with Gasteiger partial charge in [-0.3, -0.25) is 14.4 Å². The van der Waals surface area contributed by atoms with Crippen molar-refractivity contribution in [3.05, 3.63) is 81.9 Å². The lowest BCUT2D eigenvalue weighted by Crippen LogP contribution is -2.39. The molecule has 0 saturated heterocycles. The summed E-state index contributed by atoms with van der Waals surface area (Å²) in [6.07, 6.45) is 1.44. The predicted molar refractivity (Wildman–Crippen MR) is 96.6 cm³/mol. The fourth-order valence-electron chi connectivity index (χ4n) is 2.23. The standard InChI is InChI=1S/C19H16N2O4S/c22-17(15-7-4-10-25-15)16-9-8-14(26-16)12-21-19(24)18(23)20-11-13-5-2-1-3-6-13/h1-10H,11-12H2,(H,20,23)(H,21,24). The molecule has 0 aliphatic rings. The molecular formula is C19H16N2O4S. The Bertz CT molecular complexity index is 901. The second-order valence-electron chi connectivity index (χ2n) is 5.42. The highest BCUT2D eigenvalue weighted by molar-refractivity contribution is 7.14. The summed E-state index contributed by atoms with van der Waals surface area (Å²) in [5.74, 6) is -1.36. The van der Waals surface area contributed by atoms with Crippen LogP contribution in [0.15, 0.2) is 65.3 Å². The van der Waals surface area contributed by atoms with Crippen LogP contribution in [0, 0.1) is 0 Å². The van der Waals surface area contributed by atoms with Crippen molar-refractivity contribution in [3.63, 3.8) is 0 Å². The number of thiophene rings is 1. The minimum Gasteiger partial charge on any atom is -0.461 e. The fraction of sp³-hybridized carbons (Fsp3) is 0.105. The Morgan fingerprint density at radius 3 is 2.27 bits per heavy atom. The topological polar surface area (TPSA) is 88.4 Å². The summed E-state index contributed by atoms with van der Waals surface area (Å²) in [6, 6.07) is 16.0. The van der Waals surface area contributed by atoms with E-state index < -0.39 is 11.8 Å². The second kappa shape index (κ2) is 8.26. The fourth-order valence-corrected chi connectivity index (χ4v) is 3.12. The smallest absolute Gasteiger partial charge is 0.309 e. The zero-order valence-electron chi connectivity index (χ0n) is 13.7. The van der Waals surface area contributed by atoms with E-state index in [1.165, 1.54) is 17.6 Å². The van der Waals surface area contributed by atoms with Gasteiger partial charge in [0.2, 0.25) is 5.78 Å². The molecule has 132 valence electrons. The van der Waals surface area contributed by atoms with Gasteiger partial charge >= 0.3 is 11.8 Å². The highest BCUT2D eigenvalue weighted by atomic mass is 32.1. The molecule has 26 heavy (non-hydrogen) atoms. The molecule has 2 heterocycles. The third-order valence-corrected chi connectivity index (χ3v) is 4.64. The zero-order chi connectivity index (χ0) is 18.4. The van der Waals surface area contributed by atoms with Gasteiger partial charge < -0.3 is 15.1 Å². The van der Waals surface area contributed by atoms with Crippen LogP contribution in [0.4, 0.5) is 0 Å². The first kappa shape index (κ1) is 17.6. The Labute approximate surface area is 153 Å².